The molecule has 2 aliphatic rings. The van der Waals surface area contributed by atoms with E-state index in [0.29, 0.717) is 0 Å². The molecular formula is C16H20. The van der Waals surface area contributed by atoms with Crippen LogP contribution in [0.15, 0.2) is 29.8 Å². The summed E-state index contributed by atoms with van der Waals surface area (Å²) in [6, 6.07) is 9.00. The van der Waals surface area contributed by atoms with Crippen LogP contribution in [0, 0.1) is 11.8 Å². The van der Waals surface area contributed by atoms with Crippen LogP contribution in [0.5, 0.6) is 0 Å². The number of hydrogen-bond donors (Lipinski definition) is 0. The maximum Gasteiger partial charge on any atom is -0.00521 e. The average Bonchev–Trinajstić information content (AvgIpc) is 2.67. The van der Waals surface area contributed by atoms with Crippen molar-refractivity contribution in [3.8, 4) is 0 Å². The topological polar surface area (TPSA) is 0 Å². The van der Waals surface area contributed by atoms with Gasteiger partial charge in [0.15, 0.2) is 0 Å². The lowest BCUT2D eigenvalue weighted by Gasteiger charge is -2.28. The zero-order chi connectivity index (χ0) is 11.1. The van der Waals surface area contributed by atoms with Crippen molar-refractivity contribution in [3.05, 3.63) is 41.0 Å². The third kappa shape index (κ3) is 1.43. The molecular weight excluding hydrogens is 192 g/mol. The van der Waals surface area contributed by atoms with Gasteiger partial charge in [-0.05, 0) is 54.2 Å². The van der Waals surface area contributed by atoms with Gasteiger partial charge in [0.2, 0.25) is 0 Å². The van der Waals surface area contributed by atoms with Gasteiger partial charge in [0, 0.05) is 0 Å². The summed E-state index contributed by atoms with van der Waals surface area (Å²) in [7, 11) is 0. The first-order valence-electron chi connectivity index (χ1n) is 6.57. The van der Waals surface area contributed by atoms with Crippen LogP contribution >= 0.6 is 0 Å². The third-order valence-electron chi connectivity index (χ3n) is 4.31. The molecule has 1 unspecified atom stereocenters. The predicted molar refractivity (Wildman–Crippen MR) is 69.2 cm³/mol. The summed E-state index contributed by atoms with van der Waals surface area (Å²) in [6.07, 6.45) is 5.34. The number of rotatable bonds is 1. The minimum atomic E-state index is 0.805. The lowest BCUT2D eigenvalue weighted by atomic mass is 9.77. The summed E-state index contributed by atoms with van der Waals surface area (Å²) in [5.74, 6) is 1.65. The Hall–Kier alpha value is -1.04. The summed E-state index contributed by atoms with van der Waals surface area (Å²) < 4.78 is 0. The summed E-state index contributed by atoms with van der Waals surface area (Å²) >= 11 is 0. The molecule has 84 valence electrons. The van der Waals surface area contributed by atoms with Crippen LogP contribution in [0.4, 0.5) is 0 Å². The highest BCUT2D eigenvalue weighted by atomic mass is 14.4. The Bertz CT molecular complexity index is 437. The van der Waals surface area contributed by atoms with E-state index in [0.717, 1.165) is 11.8 Å². The summed E-state index contributed by atoms with van der Waals surface area (Å²) in [5.41, 5.74) is 6.59. The first kappa shape index (κ1) is 10.1. The Morgan fingerprint density at radius 1 is 1.19 bits per heavy atom. The number of hydrogen-bond acceptors (Lipinski definition) is 0. The molecule has 0 heteroatoms. The van der Waals surface area contributed by atoms with Crippen molar-refractivity contribution in [3.63, 3.8) is 0 Å². The van der Waals surface area contributed by atoms with Crippen molar-refractivity contribution in [2.45, 2.75) is 39.5 Å². The fourth-order valence-corrected chi connectivity index (χ4v) is 3.51. The van der Waals surface area contributed by atoms with Crippen molar-refractivity contribution in [1.82, 2.24) is 0 Å². The molecule has 1 aromatic carbocycles. The SMILES string of the molecule is CC(C)C1CCCC2=C1Cc1ccccc12. The van der Waals surface area contributed by atoms with Crippen LogP contribution in [0.2, 0.25) is 0 Å². The van der Waals surface area contributed by atoms with Crippen LogP contribution in [0.1, 0.15) is 44.2 Å². The molecule has 0 spiro atoms. The molecule has 0 aliphatic heterocycles. The largest absolute Gasteiger partial charge is 0.0622 e. The second kappa shape index (κ2) is 3.76. The highest BCUT2D eigenvalue weighted by Gasteiger charge is 2.30. The first-order valence-corrected chi connectivity index (χ1v) is 6.57. The van der Waals surface area contributed by atoms with Crippen molar-refractivity contribution < 1.29 is 0 Å². The molecule has 1 aromatic rings. The van der Waals surface area contributed by atoms with Crippen molar-refractivity contribution in [2.75, 3.05) is 0 Å². The van der Waals surface area contributed by atoms with E-state index >= 15 is 0 Å². The molecule has 0 N–H and O–H groups in total. The van der Waals surface area contributed by atoms with E-state index in [1.54, 1.807) is 22.3 Å². The molecule has 1 atom stereocenters. The lowest BCUT2D eigenvalue weighted by molar-refractivity contribution is 0.391. The fourth-order valence-electron chi connectivity index (χ4n) is 3.51. The Morgan fingerprint density at radius 3 is 2.81 bits per heavy atom. The van der Waals surface area contributed by atoms with Crippen LogP contribution in [0.25, 0.3) is 5.57 Å². The van der Waals surface area contributed by atoms with Crippen molar-refractivity contribution >= 4 is 5.57 Å². The van der Waals surface area contributed by atoms with Gasteiger partial charge in [-0.2, -0.15) is 0 Å². The van der Waals surface area contributed by atoms with Crippen LogP contribution in [-0.4, -0.2) is 0 Å². The minimum Gasteiger partial charge on any atom is -0.0622 e. The summed E-state index contributed by atoms with van der Waals surface area (Å²) in [5, 5.41) is 0. The Kier molecular flexibility index (Phi) is 2.38. The monoisotopic (exact) mass is 212 g/mol. The van der Waals surface area contributed by atoms with Crippen LogP contribution < -0.4 is 0 Å². The number of benzene rings is 1. The van der Waals surface area contributed by atoms with E-state index in [4.69, 9.17) is 0 Å². The smallest absolute Gasteiger partial charge is 0.00521 e. The van der Waals surface area contributed by atoms with E-state index < -0.39 is 0 Å². The second-order valence-electron chi connectivity index (χ2n) is 5.58. The molecule has 0 fully saturated rings. The molecule has 2 aliphatic carbocycles. The Morgan fingerprint density at radius 2 is 2.00 bits per heavy atom. The van der Waals surface area contributed by atoms with Gasteiger partial charge in [-0.1, -0.05) is 43.7 Å². The van der Waals surface area contributed by atoms with Crippen LogP contribution in [-0.2, 0) is 6.42 Å². The van der Waals surface area contributed by atoms with Gasteiger partial charge in [0.1, 0.15) is 0 Å². The molecule has 0 nitrogen and oxygen atoms in total. The van der Waals surface area contributed by atoms with E-state index in [-0.39, 0.29) is 0 Å². The lowest BCUT2D eigenvalue weighted by Crippen LogP contribution is -2.16. The predicted octanol–water partition coefficient (Wildman–Crippen LogP) is 4.45. The second-order valence-corrected chi connectivity index (χ2v) is 5.58. The molecule has 16 heavy (non-hydrogen) atoms. The third-order valence-corrected chi connectivity index (χ3v) is 4.31. The van der Waals surface area contributed by atoms with E-state index in [9.17, 15) is 0 Å². The highest BCUT2D eigenvalue weighted by Crippen LogP contribution is 2.46. The standard InChI is InChI=1S/C16H20/c1-11(2)13-8-5-9-15-14-7-4-3-6-12(14)10-16(13)15/h3-4,6-7,11,13H,5,8-10H2,1-2H3. The van der Waals surface area contributed by atoms with Gasteiger partial charge in [-0.15, -0.1) is 0 Å². The molecule has 0 saturated heterocycles. The molecule has 0 heterocycles. The van der Waals surface area contributed by atoms with Crippen molar-refractivity contribution in [2.24, 2.45) is 11.8 Å². The molecule has 0 aromatic heterocycles. The molecule has 0 radical (unpaired) electrons. The molecule has 0 bridgehead atoms. The van der Waals surface area contributed by atoms with Crippen LogP contribution in [0.3, 0.4) is 0 Å². The van der Waals surface area contributed by atoms with E-state index in [1.807, 2.05) is 0 Å². The maximum absolute atomic E-state index is 2.38. The first-order chi connectivity index (χ1) is 7.77. The maximum atomic E-state index is 2.38. The Labute approximate surface area is 98.4 Å². The zero-order valence-electron chi connectivity index (χ0n) is 10.3. The molecule has 0 saturated carbocycles. The summed E-state index contributed by atoms with van der Waals surface area (Å²) in [6.45, 7) is 4.76. The fraction of sp³-hybridized carbons (Fsp3) is 0.500. The highest BCUT2D eigenvalue weighted by molar-refractivity contribution is 5.77. The van der Waals surface area contributed by atoms with Crippen molar-refractivity contribution in [1.29, 1.82) is 0 Å². The van der Waals surface area contributed by atoms with Gasteiger partial charge >= 0.3 is 0 Å². The van der Waals surface area contributed by atoms with Gasteiger partial charge in [-0.3, -0.25) is 0 Å². The van der Waals surface area contributed by atoms with Gasteiger partial charge in [0.25, 0.3) is 0 Å². The average molecular weight is 212 g/mol. The van der Waals surface area contributed by atoms with E-state index in [2.05, 4.69) is 38.1 Å². The molecule has 3 rings (SSSR count). The molecule has 0 amide bonds. The van der Waals surface area contributed by atoms with Gasteiger partial charge in [-0.25, -0.2) is 0 Å². The minimum absolute atomic E-state index is 0.805. The van der Waals surface area contributed by atoms with Gasteiger partial charge in [0.05, 0.1) is 0 Å². The number of allylic oxidation sites excluding steroid dienone is 2. The number of fused-ring (bicyclic) bond motifs is 2. The normalized spacial score (nSPS) is 23.6. The quantitative estimate of drug-likeness (QED) is 0.645. The van der Waals surface area contributed by atoms with Gasteiger partial charge < -0.3 is 0 Å². The zero-order valence-corrected chi connectivity index (χ0v) is 10.3. The summed E-state index contributed by atoms with van der Waals surface area (Å²) in [4.78, 5) is 0. The van der Waals surface area contributed by atoms with E-state index in [1.165, 1.54) is 25.7 Å². The Balaban J connectivity index is 2.05.